The zero-order valence-corrected chi connectivity index (χ0v) is 16.7. The van der Waals surface area contributed by atoms with Gasteiger partial charge < -0.3 is 9.47 Å². The van der Waals surface area contributed by atoms with E-state index in [9.17, 15) is 4.79 Å². The molecule has 0 aliphatic carbocycles. The summed E-state index contributed by atoms with van der Waals surface area (Å²) in [6.07, 6.45) is 4.13. The third kappa shape index (κ3) is 5.20. The van der Waals surface area contributed by atoms with E-state index in [2.05, 4.69) is 10.3 Å². The second-order valence-electron chi connectivity index (χ2n) is 5.99. The van der Waals surface area contributed by atoms with Crippen LogP contribution in [0.1, 0.15) is 18.9 Å². The fourth-order valence-corrected chi connectivity index (χ4v) is 3.23. The monoisotopic (exact) mass is 394 g/mol. The van der Waals surface area contributed by atoms with Crippen LogP contribution in [-0.4, -0.2) is 24.6 Å². The molecule has 0 saturated heterocycles. The molecule has 0 aliphatic rings. The van der Waals surface area contributed by atoms with E-state index >= 15 is 0 Å². The van der Waals surface area contributed by atoms with Crippen LogP contribution in [0, 0.1) is 0 Å². The van der Waals surface area contributed by atoms with Crippen molar-refractivity contribution in [3.8, 4) is 22.8 Å². The molecule has 0 saturated carbocycles. The van der Waals surface area contributed by atoms with Crippen molar-refractivity contribution in [1.29, 1.82) is 0 Å². The topological polar surface area (TPSA) is 60.5 Å². The third-order valence-corrected chi connectivity index (χ3v) is 4.64. The normalized spacial score (nSPS) is 10.8. The summed E-state index contributed by atoms with van der Waals surface area (Å²) >= 11 is 1.40. The number of hydrogen-bond donors (Lipinski definition) is 1. The van der Waals surface area contributed by atoms with Crippen molar-refractivity contribution < 1.29 is 14.3 Å². The van der Waals surface area contributed by atoms with Crippen molar-refractivity contribution in [1.82, 2.24) is 4.98 Å². The Morgan fingerprint density at radius 1 is 1.18 bits per heavy atom. The molecule has 0 fully saturated rings. The van der Waals surface area contributed by atoms with Gasteiger partial charge in [0.25, 0.3) is 0 Å². The maximum atomic E-state index is 12.2. The van der Waals surface area contributed by atoms with Gasteiger partial charge in [-0.3, -0.25) is 10.1 Å². The Morgan fingerprint density at radius 3 is 2.75 bits per heavy atom. The van der Waals surface area contributed by atoms with E-state index in [1.54, 1.807) is 13.2 Å². The highest BCUT2D eigenvalue weighted by Crippen LogP contribution is 2.29. The third-order valence-electron chi connectivity index (χ3n) is 3.88. The van der Waals surface area contributed by atoms with E-state index in [1.165, 1.54) is 17.4 Å². The van der Waals surface area contributed by atoms with Crippen LogP contribution in [0.25, 0.3) is 17.3 Å². The van der Waals surface area contributed by atoms with Crippen LogP contribution >= 0.6 is 11.3 Å². The zero-order chi connectivity index (χ0) is 19.8. The van der Waals surface area contributed by atoms with Crippen LogP contribution in [0.5, 0.6) is 11.5 Å². The largest absolute Gasteiger partial charge is 0.493 e. The molecule has 144 valence electrons. The molecule has 0 bridgehead atoms. The summed E-state index contributed by atoms with van der Waals surface area (Å²) in [7, 11) is 1.60. The number of benzene rings is 2. The van der Waals surface area contributed by atoms with Crippen LogP contribution in [0.2, 0.25) is 0 Å². The van der Waals surface area contributed by atoms with E-state index < -0.39 is 0 Å². The maximum absolute atomic E-state index is 12.2. The number of anilines is 1. The predicted molar refractivity (Wildman–Crippen MR) is 114 cm³/mol. The minimum absolute atomic E-state index is 0.237. The molecule has 1 heterocycles. The quantitative estimate of drug-likeness (QED) is 0.530. The summed E-state index contributed by atoms with van der Waals surface area (Å²) in [6.45, 7) is 2.68. The summed E-state index contributed by atoms with van der Waals surface area (Å²) in [5.41, 5.74) is 2.71. The van der Waals surface area contributed by atoms with Crippen molar-refractivity contribution in [2.24, 2.45) is 0 Å². The number of amides is 1. The number of carbonyl (C=O) groups excluding carboxylic acids is 1. The molecular weight excluding hydrogens is 372 g/mol. The fourth-order valence-electron chi connectivity index (χ4n) is 2.51. The molecule has 0 radical (unpaired) electrons. The first-order valence-electron chi connectivity index (χ1n) is 9.00. The Hall–Kier alpha value is -3.12. The SMILES string of the molecule is CCCOc1ccc(C=CC(=O)Nc2nc(-c3ccccc3)cs2)cc1OC. The van der Waals surface area contributed by atoms with Crippen LogP contribution in [0.4, 0.5) is 5.13 Å². The zero-order valence-electron chi connectivity index (χ0n) is 15.8. The molecule has 28 heavy (non-hydrogen) atoms. The number of ether oxygens (including phenoxy) is 2. The molecule has 0 atom stereocenters. The van der Waals surface area contributed by atoms with Gasteiger partial charge in [0.1, 0.15) is 0 Å². The molecule has 0 unspecified atom stereocenters. The standard InChI is InChI=1S/C22H22N2O3S/c1-3-13-27-19-11-9-16(14-20(19)26-2)10-12-21(25)24-22-23-18(15-28-22)17-7-5-4-6-8-17/h4-12,14-15H,3,13H2,1-2H3,(H,23,24,25). The Balaban J connectivity index is 1.63. The van der Waals surface area contributed by atoms with Crippen LogP contribution in [0.15, 0.2) is 60.0 Å². The van der Waals surface area contributed by atoms with Gasteiger partial charge in [-0.15, -0.1) is 11.3 Å². The minimum Gasteiger partial charge on any atom is -0.493 e. The second-order valence-corrected chi connectivity index (χ2v) is 6.84. The number of nitrogens with one attached hydrogen (secondary N) is 1. The number of hydrogen-bond acceptors (Lipinski definition) is 5. The molecule has 1 amide bonds. The molecule has 6 heteroatoms. The Kier molecular flexibility index (Phi) is 6.81. The first kappa shape index (κ1) is 19.6. The Bertz CT molecular complexity index is 951. The minimum atomic E-state index is -0.237. The van der Waals surface area contributed by atoms with Crippen LogP contribution in [0.3, 0.4) is 0 Å². The predicted octanol–water partition coefficient (Wildman–Crippen LogP) is 5.26. The smallest absolute Gasteiger partial charge is 0.250 e. The number of rotatable bonds is 8. The highest BCUT2D eigenvalue weighted by Gasteiger charge is 2.07. The lowest BCUT2D eigenvalue weighted by Gasteiger charge is -2.10. The van der Waals surface area contributed by atoms with E-state index in [0.717, 1.165) is 23.2 Å². The molecule has 1 N–H and O–H groups in total. The van der Waals surface area contributed by atoms with Gasteiger partial charge in [0.2, 0.25) is 5.91 Å². The summed E-state index contributed by atoms with van der Waals surface area (Å²) in [5.74, 6) is 1.10. The van der Waals surface area contributed by atoms with Crippen molar-refractivity contribution in [3.05, 3.63) is 65.6 Å². The van der Waals surface area contributed by atoms with Gasteiger partial charge in [-0.05, 0) is 30.2 Å². The number of thiazole rings is 1. The summed E-state index contributed by atoms with van der Waals surface area (Å²) in [6, 6.07) is 15.4. The second kappa shape index (κ2) is 9.71. The first-order valence-corrected chi connectivity index (χ1v) is 9.88. The lowest BCUT2D eigenvalue weighted by molar-refractivity contribution is -0.111. The molecule has 2 aromatic carbocycles. The van der Waals surface area contributed by atoms with Crippen LogP contribution < -0.4 is 14.8 Å². The summed E-state index contributed by atoms with van der Waals surface area (Å²) < 4.78 is 11.0. The molecule has 0 aliphatic heterocycles. The number of nitrogens with zero attached hydrogens (tertiary/aromatic N) is 1. The highest BCUT2D eigenvalue weighted by atomic mass is 32.1. The highest BCUT2D eigenvalue weighted by molar-refractivity contribution is 7.14. The van der Waals surface area contributed by atoms with Crippen molar-refractivity contribution in [3.63, 3.8) is 0 Å². The number of aromatic nitrogens is 1. The first-order chi connectivity index (χ1) is 13.7. The summed E-state index contributed by atoms with van der Waals surface area (Å²) in [4.78, 5) is 16.7. The average molecular weight is 394 g/mol. The van der Waals surface area contributed by atoms with Crippen molar-refractivity contribution in [2.75, 3.05) is 19.0 Å². The van der Waals surface area contributed by atoms with Gasteiger partial charge in [0, 0.05) is 17.0 Å². The number of carbonyl (C=O) groups is 1. The van der Waals surface area contributed by atoms with Gasteiger partial charge in [-0.2, -0.15) is 0 Å². The lowest BCUT2D eigenvalue weighted by Crippen LogP contribution is -2.07. The van der Waals surface area contributed by atoms with E-state index in [1.807, 2.05) is 60.8 Å². The molecule has 5 nitrogen and oxygen atoms in total. The van der Waals surface area contributed by atoms with E-state index in [0.29, 0.717) is 23.2 Å². The molecule has 3 rings (SSSR count). The van der Waals surface area contributed by atoms with Crippen molar-refractivity contribution >= 4 is 28.5 Å². The molecule has 1 aromatic heterocycles. The lowest BCUT2D eigenvalue weighted by atomic mass is 10.2. The van der Waals surface area contributed by atoms with Crippen molar-refractivity contribution in [2.45, 2.75) is 13.3 Å². The maximum Gasteiger partial charge on any atom is 0.250 e. The molecular formula is C22H22N2O3S. The Labute approximate surface area is 168 Å². The van der Waals surface area contributed by atoms with Gasteiger partial charge >= 0.3 is 0 Å². The van der Waals surface area contributed by atoms with Gasteiger partial charge in [0.15, 0.2) is 16.6 Å². The summed E-state index contributed by atoms with van der Waals surface area (Å²) in [5, 5.41) is 5.29. The molecule has 3 aromatic rings. The Morgan fingerprint density at radius 2 is 2.00 bits per heavy atom. The van der Waals surface area contributed by atoms with Crippen LogP contribution in [-0.2, 0) is 4.79 Å². The fraction of sp³-hybridized carbons (Fsp3) is 0.182. The van der Waals surface area contributed by atoms with Gasteiger partial charge in [0.05, 0.1) is 19.4 Å². The van der Waals surface area contributed by atoms with E-state index in [-0.39, 0.29) is 5.91 Å². The van der Waals surface area contributed by atoms with Gasteiger partial charge in [-0.25, -0.2) is 4.98 Å². The van der Waals surface area contributed by atoms with E-state index in [4.69, 9.17) is 9.47 Å². The molecule has 0 spiro atoms. The average Bonchev–Trinajstić information content (AvgIpc) is 3.20. The number of methoxy groups -OCH3 is 1. The van der Waals surface area contributed by atoms with Gasteiger partial charge in [-0.1, -0.05) is 43.3 Å².